The number of nitrogens with two attached hydrogens (primary N) is 1. The van der Waals surface area contributed by atoms with E-state index in [0.29, 0.717) is 36.4 Å². The van der Waals surface area contributed by atoms with E-state index in [1.165, 1.54) is 4.52 Å². The standard InChI is InChI=1S/C25H26N6O2/c1-3-22(33)30-8-6-16(7-9-30)23-20(14-32)24(26)31-25(29-23)19(13-28-31)18-11-17-10-15(2)4-5-21(17)27-12-18/h4-5,10-14,16H,3,6-9,26H2,1-2H3. The average molecular weight is 443 g/mol. The van der Waals surface area contributed by atoms with Gasteiger partial charge in [0.05, 0.1) is 23.0 Å². The molecular weight excluding hydrogens is 416 g/mol. The van der Waals surface area contributed by atoms with Crippen LogP contribution in [0.2, 0.25) is 0 Å². The van der Waals surface area contributed by atoms with Gasteiger partial charge in [0.1, 0.15) is 5.82 Å². The molecule has 0 bridgehead atoms. The normalized spacial score (nSPS) is 14.8. The van der Waals surface area contributed by atoms with Gasteiger partial charge in [0.15, 0.2) is 11.9 Å². The highest BCUT2D eigenvalue weighted by Gasteiger charge is 2.28. The Balaban J connectivity index is 1.59. The molecule has 0 unspecified atom stereocenters. The number of aryl methyl sites for hydroxylation is 1. The number of carbonyl (C=O) groups excluding carboxylic acids is 2. The summed E-state index contributed by atoms with van der Waals surface area (Å²) in [5.41, 5.74) is 11.8. The number of carbonyl (C=O) groups is 2. The lowest BCUT2D eigenvalue weighted by atomic mass is 9.90. The van der Waals surface area contributed by atoms with Crippen LogP contribution in [0.1, 0.15) is 53.7 Å². The highest BCUT2D eigenvalue weighted by Crippen LogP contribution is 2.34. The fourth-order valence-electron chi connectivity index (χ4n) is 4.71. The Morgan fingerprint density at radius 2 is 2.00 bits per heavy atom. The number of nitrogen functional groups attached to an aromatic ring is 1. The van der Waals surface area contributed by atoms with Crippen LogP contribution in [0.25, 0.3) is 27.7 Å². The van der Waals surface area contributed by atoms with Crippen LogP contribution in [0.5, 0.6) is 0 Å². The zero-order valence-electron chi connectivity index (χ0n) is 18.8. The predicted octanol–water partition coefficient (Wildman–Crippen LogP) is 3.76. The number of fused-ring (bicyclic) bond motifs is 2. The molecule has 8 nitrogen and oxygen atoms in total. The summed E-state index contributed by atoms with van der Waals surface area (Å²) in [4.78, 5) is 35.4. The molecule has 1 aromatic carbocycles. The van der Waals surface area contributed by atoms with Crippen molar-refractivity contribution in [3.63, 3.8) is 0 Å². The minimum atomic E-state index is 0.0542. The fraction of sp³-hybridized carbons (Fsp3) is 0.320. The molecule has 33 heavy (non-hydrogen) atoms. The molecule has 1 aliphatic rings. The first-order chi connectivity index (χ1) is 16.0. The molecule has 0 spiro atoms. The quantitative estimate of drug-likeness (QED) is 0.482. The van der Waals surface area contributed by atoms with Crippen molar-refractivity contribution in [3.8, 4) is 11.1 Å². The van der Waals surface area contributed by atoms with Gasteiger partial charge in [-0.15, -0.1) is 0 Å². The monoisotopic (exact) mass is 442 g/mol. The Morgan fingerprint density at radius 1 is 1.21 bits per heavy atom. The lowest BCUT2D eigenvalue weighted by Crippen LogP contribution is -2.37. The van der Waals surface area contributed by atoms with Crippen LogP contribution in [0.15, 0.2) is 36.7 Å². The second kappa shape index (κ2) is 8.27. The molecular formula is C25H26N6O2. The Labute approximate surface area is 191 Å². The number of amides is 1. The second-order valence-electron chi connectivity index (χ2n) is 8.64. The third-order valence-corrected chi connectivity index (χ3v) is 6.55. The van der Waals surface area contributed by atoms with Gasteiger partial charge in [0.2, 0.25) is 5.91 Å². The number of rotatable bonds is 4. The first kappa shape index (κ1) is 21.1. The lowest BCUT2D eigenvalue weighted by Gasteiger charge is -2.32. The summed E-state index contributed by atoms with van der Waals surface area (Å²) in [5.74, 6) is 0.496. The minimum Gasteiger partial charge on any atom is -0.383 e. The summed E-state index contributed by atoms with van der Waals surface area (Å²) in [5, 5.41) is 5.46. The topological polar surface area (TPSA) is 106 Å². The van der Waals surface area contributed by atoms with E-state index in [1.807, 2.05) is 30.2 Å². The SMILES string of the molecule is CCC(=O)N1CCC(c2nc3c(-c4cnc5ccc(C)cc5c4)cnn3c(N)c2C=O)CC1. The van der Waals surface area contributed by atoms with Crippen LogP contribution in [-0.4, -0.2) is 49.8 Å². The van der Waals surface area contributed by atoms with Gasteiger partial charge in [-0.2, -0.15) is 9.61 Å². The van der Waals surface area contributed by atoms with Gasteiger partial charge in [0, 0.05) is 48.1 Å². The highest BCUT2D eigenvalue weighted by atomic mass is 16.2. The number of piperidine rings is 1. The summed E-state index contributed by atoms with van der Waals surface area (Å²) in [6, 6.07) is 8.22. The first-order valence-corrected chi connectivity index (χ1v) is 11.3. The maximum absolute atomic E-state index is 12.1. The third-order valence-electron chi connectivity index (χ3n) is 6.55. The third kappa shape index (κ3) is 3.61. The molecule has 0 atom stereocenters. The van der Waals surface area contributed by atoms with Crippen molar-refractivity contribution in [2.24, 2.45) is 0 Å². The summed E-state index contributed by atoms with van der Waals surface area (Å²) in [7, 11) is 0. The van der Waals surface area contributed by atoms with Gasteiger partial charge in [-0.25, -0.2) is 4.98 Å². The molecule has 1 saturated heterocycles. The number of pyridine rings is 1. The number of likely N-dealkylation sites (tertiary alicyclic amines) is 1. The molecule has 3 aromatic heterocycles. The van der Waals surface area contributed by atoms with Gasteiger partial charge >= 0.3 is 0 Å². The van der Waals surface area contributed by atoms with Gasteiger partial charge in [-0.1, -0.05) is 18.6 Å². The van der Waals surface area contributed by atoms with Gasteiger partial charge in [-0.3, -0.25) is 14.6 Å². The van der Waals surface area contributed by atoms with Crippen molar-refractivity contribution in [3.05, 3.63) is 53.5 Å². The van der Waals surface area contributed by atoms with E-state index in [2.05, 4.69) is 29.1 Å². The molecule has 1 amide bonds. The van der Waals surface area contributed by atoms with Crippen molar-refractivity contribution in [1.29, 1.82) is 0 Å². The number of hydrogen-bond donors (Lipinski definition) is 1. The molecule has 1 aliphatic heterocycles. The zero-order valence-corrected chi connectivity index (χ0v) is 18.8. The Bertz CT molecular complexity index is 1380. The van der Waals surface area contributed by atoms with Crippen LogP contribution in [0, 0.1) is 6.92 Å². The fourth-order valence-corrected chi connectivity index (χ4v) is 4.71. The van der Waals surface area contributed by atoms with Crippen molar-refractivity contribution in [2.45, 2.75) is 39.0 Å². The summed E-state index contributed by atoms with van der Waals surface area (Å²) in [6.07, 6.45) is 6.29. The van der Waals surface area contributed by atoms with E-state index < -0.39 is 0 Å². The van der Waals surface area contributed by atoms with E-state index in [0.717, 1.165) is 46.7 Å². The number of aldehydes is 1. The molecule has 168 valence electrons. The summed E-state index contributed by atoms with van der Waals surface area (Å²) >= 11 is 0. The van der Waals surface area contributed by atoms with E-state index >= 15 is 0 Å². The van der Waals surface area contributed by atoms with Crippen molar-refractivity contribution >= 4 is 34.6 Å². The van der Waals surface area contributed by atoms with Gasteiger partial charge in [-0.05, 0) is 38.0 Å². The molecule has 1 fully saturated rings. The van der Waals surface area contributed by atoms with E-state index in [4.69, 9.17) is 10.7 Å². The first-order valence-electron chi connectivity index (χ1n) is 11.3. The van der Waals surface area contributed by atoms with Crippen LogP contribution in [0.4, 0.5) is 5.82 Å². The van der Waals surface area contributed by atoms with Crippen molar-refractivity contribution in [2.75, 3.05) is 18.8 Å². The maximum atomic E-state index is 12.1. The van der Waals surface area contributed by atoms with Gasteiger partial charge < -0.3 is 10.6 Å². The largest absolute Gasteiger partial charge is 0.383 e. The van der Waals surface area contributed by atoms with E-state index in [1.54, 1.807) is 6.20 Å². The Kier molecular flexibility index (Phi) is 5.28. The number of benzene rings is 1. The second-order valence-corrected chi connectivity index (χ2v) is 8.64. The smallest absolute Gasteiger partial charge is 0.222 e. The zero-order chi connectivity index (χ0) is 23.1. The Hall–Kier alpha value is -3.81. The van der Waals surface area contributed by atoms with Crippen molar-refractivity contribution < 1.29 is 9.59 Å². The summed E-state index contributed by atoms with van der Waals surface area (Å²) < 4.78 is 1.53. The van der Waals surface area contributed by atoms with Crippen molar-refractivity contribution in [1.82, 2.24) is 24.5 Å². The minimum absolute atomic E-state index is 0.0542. The van der Waals surface area contributed by atoms with Gasteiger partial charge in [0.25, 0.3) is 0 Å². The molecule has 5 rings (SSSR count). The summed E-state index contributed by atoms with van der Waals surface area (Å²) in [6.45, 7) is 5.24. The van der Waals surface area contributed by atoms with Crippen LogP contribution < -0.4 is 5.73 Å². The van der Waals surface area contributed by atoms with E-state index in [-0.39, 0.29) is 17.6 Å². The molecule has 0 radical (unpaired) electrons. The average Bonchev–Trinajstić information content (AvgIpc) is 3.27. The molecule has 0 saturated carbocycles. The number of aromatic nitrogens is 4. The van der Waals surface area contributed by atoms with Crippen LogP contribution >= 0.6 is 0 Å². The molecule has 2 N–H and O–H groups in total. The number of anilines is 1. The number of hydrogen-bond acceptors (Lipinski definition) is 6. The molecule has 8 heteroatoms. The molecule has 0 aliphatic carbocycles. The van der Waals surface area contributed by atoms with Crippen LogP contribution in [-0.2, 0) is 4.79 Å². The molecule has 4 aromatic rings. The Morgan fingerprint density at radius 3 is 2.73 bits per heavy atom. The predicted molar refractivity (Wildman–Crippen MR) is 127 cm³/mol. The lowest BCUT2D eigenvalue weighted by molar-refractivity contribution is -0.131. The van der Waals surface area contributed by atoms with Crippen LogP contribution in [0.3, 0.4) is 0 Å². The number of nitrogens with zero attached hydrogens (tertiary/aromatic N) is 5. The highest BCUT2D eigenvalue weighted by molar-refractivity contribution is 5.90. The van der Waals surface area contributed by atoms with E-state index in [9.17, 15) is 9.59 Å². The maximum Gasteiger partial charge on any atom is 0.222 e. The molecule has 4 heterocycles.